The zero-order chi connectivity index (χ0) is 12.3. The molecule has 0 amide bonds. The van der Waals surface area contributed by atoms with Crippen LogP contribution in [-0.4, -0.2) is 5.38 Å². The van der Waals surface area contributed by atoms with Gasteiger partial charge < -0.3 is 0 Å². The molecule has 94 valence electrons. The van der Waals surface area contributed by atoms with E-state index in [1.54, 1.807) is 0 Å². The molecule has 1 unspecified atom stereocenters. The van der Waals surface area contributed by atoms with Gasteiger partial charge in [-0.25, -0.2) is 0 Å². The Kier molecular flexibility index (Phi) is 4.38. The van der Waals surface area contributed by atoms with Crippen LogP contribution in [0, 0.1) is 5.41 Å². The Labute approximate surface area is 114 Å². The van der Waals surface area contributed by atoms with Crippen LogP contribution in [0.4, 0.5) is 0 Å². The standard InChI is InChI=1S/C15H20Cl2/c1-15(8-3-2-4-9-15)14(17)11-12-6-5-7-13(16)10-12/h5-7,10,14H,2-4,8-9,11H2,1H3. The van der Waals surface area contributed by atoms with Crippen molar-refractivity contribution in [2.75, 3.05) is 0 Å². The average Bonchev–Trinajstić information content (AvgIpc) is 2.30. The Morgan fingerprint density at radius 3 is 2.59 bits per heavy atom. The molecule has 0 spiro atoms. The zero-order valence-corrected chi connectivity index (χ0v) is 11.9. The van der Waals surface area contributed by atoms with Gasteiger partial charge in [0.25, 0.3) is 0 Å². The first-order valence-electron chi connectivity index (χ1n) is 6.49. The van der Waals surface area contributed by atoms with Crippen molar-refractivity contribution in [2.45, 2.75) is 50.8 Å². The summed E-state index contributed by atoms with van der Waals surface area (Å²) in [5.41, 5.74) is 1.56. The number of halogens is 2. The molecule has 1 aromatic rings. The van der Waals surface area contributed by atoms with Gasteiger partial charge in [0.15, 0.2) is 0 Å². The highest BCUT2D eigenvalue weighted by Gasteiger charge is 2.34. The van der Waals surface area contributed by atoms with Crippen molar-refractivity contribution in [3.05, 3.63) is 34.9 Å². The lowest BCUT2D eigenvalue weighted by Gasteiger charge is -2.37. The van der Waals surface area contributed by atoms with Crippen LogP contribution in [0.3, 0.4) is 0 Å². The highest BCUT2D eigenvalue weighted by atomic mass is 35.5. The Morgan fingerprint density at radius 2 is 1.94 bits per heavy atom. The minimum atomic E-state index is 0.223. The number of hydrogen-bond acceptors (Lipinski definition) is 0. The maximum absolute atomic E-state index is 6.64. The SMILES string of the molecule is CC1(C(Cl)Cc2cccc(Cl)c2)CCCCC1. The molecule has 1 aliphatic rings. The highest BCUT2D eigenvalue weighted by Crippen LogP contribution is 2.42. The first-order chi connectivity index (χ1) is 8.10. The molecule has 1 aromatic carbocycles. The van der Waals surface area contributed by atoms with Gasteiger partial charge in [-0.1, -0.05) is 49.9 Å². The highest BCUT2D eigenvalue weighted by molar-refractivity contribution is 6.30. The fourth-order valence-corrected chi connectivity index (χ4v) is 3.40. The normalized spacial score (nSPS) is 21.1. The van der Waals surface area contributed by atoms with Gasteiger partial charge in [0, 0.05) is 10.4 Å². The second-order valence-electron chi connectivity index (χ2n) is 5.52. The van der Waals surface area contributed by atoms with Gasteiger partial charge in [-0.3, -0.25) is 0 Å². The molecule has 2 rings (SSSR count). The maximum Gasteiger partial charge on any atom is 0.0430 e. The second-order valence-corrected chi connectivity index (χ2v) is 6.48. The molecule has 2 heteroatoms. The molecule has 1 saturated carbocycles. The monoisotopic (exact) mass is 270 g/mol. The van der Waals surface area contributed by atoms with E-state index >= 15 is 0 Å². The molecule has 17 heavy (non-hydrogen) atoms. The number of alkyl halides is 1. The van der Waals surface area contributed by atoms with Gasteiger partial charge in [0.2, 0.25) is 0 Å². The molecule has 1 atom stereocenters. The van der Waals surface area contributed by atoms with Gasteiger partial charge in [0.1, 0.15) is 0 Å². The van der Waals surface area contributed by atoms with Crippen molar-refractivity contribution in [3.8, 4) is 0 Å². The first kappa shape index (κ1) is 13.2. The van der Waals surface area contributed by atoms with Gasteiger partial charge >= 0.3 is 0 Å². The second kappa shape index (κ2) is 5.63. The van der Waals surface area contributed by atoms with Crippen LogP contribution < -0.4 is 0 Å². The van der Waals surface area contributed by atoms with Crippen molar-refractivity contribution in [3.63, 3.8) is 0 Å². The van der Waals surface area contributed by atoms with Crippen molar-refractivity contribution < 1.29 is 0 Å². The van der Waals surface area contributed by atoms with Crippen LogP contribution in [0.25, 0.3) is 0 Å². The quantitative estimate of drug-likeness (QED) is 0.640. The predicted octanol–water partition coefficient (Wildman–Crippen LogP) is 5.46. The van der Waals surface area contributed by atoms with Gasteiger partial charge in [-0.05, 0) is 42.4 Å². The van der Waals surface area contributed by atoms with Crippen molar-refractivity contribution in [2.24, 2.45) is 5.41 Å². The molecule has 1 aliphatic carbocycles. The van der Waals surface area contributed by atoms with E-state index < -0.39 is 0 Å². The van der Waals surface area contributed by atoms with E-state index in [-0.39, 0.29) is 5.38 Å². The lowest BCUT2D eigenvalue weighted by Crippen LogP contribution is -2.32. The Balaban J connectivity index is 2.02. The predicted molar refractivity (Wildman–Crippen MR) is 76.0 cm³/mol. The van der Waals surface area contributed by atoms with E-state index in [9.17, 15) is 0 Å². The molecular weight excluding hydrogens is 251 g/mol. The number of benzene rings is 1. The third kappa shape index (κ3) is 3.39. The van der Waals surface area contributed by atoms with Crippen LogP contribution in [0.1, 0.15) is 44.6 Å². The molecule has 0 bridgehead atoms. The summed E-state index contributed by atoms with van der Waals surface area (Å²) in [6, 6.07) is 8.07. The Morgan fingerprint density at radius 1 is 1.24 bits per heavy atom. The maximum atomic E-state index is 6.64. The topological polar surface area (TPSA) is 0 Å². The molecule has 0 N–H and O–H groups in total. The first-order valence-corrected chi connectivity index (χ1v) is 7.30. The van der Waals surface area contributed by atoms with Crippen LogP contribution in [0.2, 0.25) is 5.02 Å². The third-order valence-electron chi connectivity index (χ3n) is 4.06. The lowest BCUT2D eigenvalue weighted by molar-refractivity contribution is 0.205. The largest absolute Gasteiger partial charge is 0.122 e. The summed E-state index contributed by atoms with van der Waals surface area (Å²) < 4.78 is 0. The molecule has 0 heterocycles. The van der Waals surface area contributed by atoms with Crippen molar-refractivity contribution >= 4 is 23.2 Å². The molecule has 1 fully saturated rings. The molecule has 0 radical (unpaired) electrons. The van der Waals surface area contributed by atoms with Gasteiger partial charge in [0.05, 0.1) is 0 Å². The Hall–Kier alpha value is -0.200. The Bertz CT molecular complexity index is 367. The minimum absolute atomic E-state index is 0.223. The number of hydrogen-bond donors (Lipinski definition) is 0. The van der Waals surface area contributed by atoms with E-state index in [4.69, 9.17) is 23.2 Å². The van der Waals surface area contributed by atoms with Crippen LogP contribution in [-0.2, 0) is 6.42 Å². The fourth-order valence-electron chi connectivity index (χ4n) is 2.79. The summed E-state index contributed by atoms with van der Waals surface area (Å²) in [5, 5.41) is 1.03. The minimum Gasteiger partial charge on any atom is -0.122 e. The van der Waals surface area contributed by atoms with E-state index in [1.807, 2.05) is 18.2 Å². The molecule has 0 aliphatic heterocycles. The van der Waals surface area contributed by atoms with Crippen molar-refractivity contribution in [1.29, 1.82) is 0 Å². The molecular formula is C15H20Cl2. The smallest absolute Gasteiger partial charge is 0.0430 e. The van der Waals surface area contributed by atoms with E-state index in [2.05, 4.69) is 13.0 Å². The molecule has 0 nitrogen and oxygen atoms in total. The van der Waals surface area contributed by atoms with Gasteiger partial charge in [-0.2, -0.15) is 0 Å². The van der Waals surface area contributed by atoms with Crippen LogP contribution in [0.5, 0.6) is 0 Å². The summed E-state index contributed by atoms with van der Waals surface area (Å²) in [5.74, 6) is 0. The molecule has 0 saturated heterocycles. The average molecular weight is 271 g/mol. The van der Waals surface area contributed by atoms with Gasteiger partial charge in [-0.15, -0.1) is 11.6 Å². The number of rotatable bonds is 3. The third-order valence-corrected chi connectivity index (χ3v) is 4.97. The van der Waals surface area contributed by atoms with Crippen molar-refractivity contribution in [1.82, 2.24) is 0 Å². The van der Waals surface area contributed by atoms with E-state index in [0.717, 1.165) is 11.4 Å². The van der Waals surface area contributed by atoms with E-state index in [0.29, 0.717) is 5.41 Å². The summed E-state index contributed by atoms with van der Waals surface area (Å²) in [6.45, 7) is 2.34. The molecule has 0 aromatic heterocycles. The summed E-state index contributed by atoms with van der Waals surface area (Å²) in [7, 11) is 0. The summed E-state index contributed by atoms with van der Waals surface area (Å²) in [6.07, 6.45) is 7.49. The zero-order valence-electron chi connectivity index (χ0n) is 10.4. The van der Waals surface area contributed by atoms with Crippen LogP contribution in [0.15, 0.2) is 24.3 Å². The lowest BCUT2D eigenvalue weighted by atomic mass is 9.72. The van der Waals surface area contributed by atoms with E-state index in [1.165, 1.54) is 37.7 Å². The summed E-state index contributed by atoms with van der Waals surface area (Å²) >= 11 is 12.7. The summed E-state index contributed by atoms with van der Waals surface area (Å²) in [4.78, 5) is 0. The van der Waals surface area contributed by atoms with Crippen LogP contribution >= 0.6 is 23.2 Å². The fraction of sp³-hybridized carbons (Fsp3) is 0.600.